The van der Waals surface area contributed by atoms with Crippen LogP contribution in [0.1, 0.15) is 25.2 Å². The molecule has 4 rings (SSSR count). The molecule has 2 bridgehead atoms. The van der Waals surface area contributed by atoms with Gasteiger partial charge >= 0.3 is 0 Å². The maximum atomic E-state index is 5.91. The zero-order chi connectivity index (χ0) is 19.3. The summed E-state index contributed by atoms with van der Waals surface area (Å²) in [4.78, 5) is 14.2. The molecule has 1 aliphatic heterocycles. The standard InChI is InChI=1S/C23H21N3O2/c1-16-18-10-7-11-19(26-18)17(2)25-21-9-4-6-13-23(21)28-15-14-27-22-12-5-3-8-20(22)24-16/h3-13H,14-15H2,1-2H3. The molecule has 0 spiro atoms. The molecule has 0 aliphatic carbocycles. The van der Waals surface area contributed by atoms with Crippen LogP contribution in [0.2, 0.25) is 0 Å². The van der Waals surface area contributed by atoms with Gasteiger partial charge in [-0.1, -0.05) is 30.3 Å². The third kappa shape index (κ3) is 3.93. The maximum absolute atomic E-state index is 5.91. The van der Waals surface area contributed by atoms with E-state index in [4.69, 9.17) is 24.4 Å². The number of benzene rings is 2. The fourth-order valence-electron chi connectivity index (χ4n) is 2.96. The lowest BCUT2D eigenvalue weighted by Crippen LogP contribution is -2.09. The Hall–Kier alpha value is -3.47. The highest BCUT2D eigenvalue weighted by Crippen LogP contribution is 2.29. The second kappa shape index (κ2) is 8.05. The van der Waals surface area contributed by atoms with E-state index in [9.17, 15) is 0 Å². The van der Waals surface area contributed by atoms with Gasteiger partial charge < -0.3 is 9.47 Å². The Labute approximate surface area is 164 Å². The molecule has 140 valence electrons. The maximum Gasteiger partial charge on any atom is 0.145 e. The number of hydrogen-bond acceptors (Lipinski definition) is 5. The first kappa shape index (κ1) is 17.9. The Morgan fingerprint density at radius 3 is 1.57 bits per heavy atom. The summed E-state index contributed by atoms with van der Waals surface area (Å²) in [5.74, 6) is 1.44. The van der Waals surface area contributed by atoms with Crippen molar-refractivity contribution < 1.29 is 9.47 Å². The van der Waals surface area contributed by atoms with Crippen molar-refractivity contribution in [1.82, 2.24) is 4.98 Å². The van der Waals surface area contributed by atoms with Crippen LogP contribution < -0.4 is 9.47 Å². The predicted octanol–water partition coefficient (Wildman–Crippen LogP) is 5.13. The second-order valence-electron chi connectivity index (χ2n) is 6.43. The summed E-state index contributed by atoms with van der Waals surface area (Å²) in [6.45, 7) is 4.72. The molecule has 0 saturated heterocycles. The Morgan fingerprint density at radius 2 is 1.07 bits per heavy atom. The van der Waals surface area contributed by atoms with E-state index >= 15 is 0 Å². The van der Waals surface area contributed by atoms with Crippen LogP contribution in [0.25, 0.3) is 0 Å². The number of fused-ring (bicyclic) bond motifs is 4. The normalized spacial score (nSPS) is 14.1. The van der Waals surface area contributed by atoms with Gasteiger partial charge in [-0.05, 0) is 50.2 Å². The molecule has 1 aromatic heterocycles. The minimum atomic E-state index is 0.411. The highest BCUT2D eigenvalue weighted by molar-refractivity contribution is 6.02. The molecule has 0 radical (unpaired) electrons. The van der Waals surface area contributed by atoms with Crippen LogP contribution in [-0.2, 0) is 0 Å². The minimum Gasteiger partial charge on any atom is -0.488 e. The van der Waals surface area contributed by atoms with E-state index in [0.717, 1.165) is 45.7 Å². The first-order valence-corrected chi connectivity index (χ1v) is 9.23. The monoisotopic (exact) mass is 371 g/mol. The number of rotatable bonds is 0. The number of hydrogen-bond donors (Lipinski definition) is 0. The van der Waals surface area contributed by atoms with E-state index in [2.05, 4.69) is 0 Å². The van der Waals surface area contributed by atoms with Gasteiger partial charge in [0.15, 0.2) is 0 Å². The first-order valence-electron chi connectivity index (χ1n) is 9.23. The Bertz CT molecular complexity index is 976. The van der Waals surface area contributed by atoms with Crippen molar-refractivity contribution in [1.29, 1.82) is 0 Å². The minimum absolute atomic E-state index is 0.411. The molecule has 28 heavy (non-hydrogen) atoms. The van der Waals surface area contributed by atoms with E-state index in [1.54, 1.807) is 0 Å². The second-order valence-corrected chi connectivity index (χ2v) is 6.43. The Morgan fingerprint density at radius 1 is 0.607 bits per heavy atom. The lowest BCUT2D eigenvalue weighted by Gasteiger charge is -2.11. The molecule has 0 atom stereocenters. The predicted molar refractivity (Wildman–Crippen MR) is 112 cm³/mol. The van der Waals surface area contributed by atoms with Crippen molar-refractivity contribution in [2.75, 3.05) is 13.2 Å². The van der Waals surface area contributed by atoms with Crippen LogP contribution in [0.4, 0.5) is 11.4 Å². The number of pyridine rings is 1. The SMILES string of the molecule is CC1=Nc2ccccc2OCCOc2ccccc2N=C(C)c2cccc1n2. The summed E-state index contributed by atoms with van der Waals surface area (Å²) < 4.78 is 11.8. The number of aromatic nitrogens is 1. The summed E-state index contributed by atoms with van der Waals surface area (Å²) >= 11 is 0. The molecule has 5 nitrogen and oxygen atoms in total. The molecule has 0 amide bonds. The molecule has 0 saturated carbocycles. The molecule has 0 unspecified atom stereocenters. The van der Waals surface area contributed by atoms with Gasteiger partial charge in [-0.15, -0.1) is 0 Å². The van der Waals surface area contributed by atoms with Gasteiger partial charge in [-0.2, -0.15) is 0 Å². The van der Waals surface area contributed by atoms with Gasteiger partial charge in [0.05, 0.1) is 22.8 Å². The van der Waals surface area contributed by atoms with Crippen LogP contribution in [0, 0.1) is 0 Å². The molecule has 1 aliphatic rings. The zero-order valence-corrected chi connectivity index (χ0v) is 15.9. The molecule has 3 aromatic rings. The summed E-state index contributed by atoms with van der Waals surface area (Å²) in [5, 5.41) is 0. The van der Waals surface area contributed by atoms with E-state index < -0.39 is 0 Å². The summed E-state index contributed by atoms with van der Waals surface area (Å²) in [6.07, 6.45) is 0. The summed E-state index contributed by atoms with van der Waals surface area (Å²) in [5.41, 5.74) is 4.79. The van der Waals surface area contributed by atoms with Crippen LogP contribution in [0.15, 0.2) is 76.7 Å². The quantitative estimate of drug-likeness (QED) is 0.550. The molecule has 5 heteroatoms. The summed E-state index contributed by atoms with van der Waals surface area (Å²) in [7, 11) is 0. The number of nitrogens with zero attached hydrogens (tertiary/aromatic N) is 3. The van der Waals surface area contributed by atoms with Gasteiger partial charge in [0.2, 0.25) is 0 Å². The number of ether oxygens (including phenoxy) is 2. The number of para-hydroxylation sites is 4. The van der Waals surface area contributed by atoms with Gasteiger partial charge in [0.1, 0.15) is 36.1 Å². The van der Waals surface area contributed by atoms with Gasteiger partial charge in [0, 0.05) is 0 Å². The molecule has 2 aromatic carbocycles. The van der Waals surface area contributed by atoms with Gasteiger partial charge in [-0.25, -0.2) is 15.0 Å². The van der Waals surface area contributed by atoms with Gasteiger partial charge in [0.25, 0.3) is 0 Å². The van der Waals surface area contributed by atoms with Crippen molar-refractivity contribution in [3.8, 4) is 11.5 Å². The average Bonchev–Trinajstić information content (AvgIpc) is 2.73. The van der Waals surface area contributed by atoms with E-state index in [-0.39, 0.29) is 0 Å². The lowest BCUT2D eigenvalue weighted by atomic mass is 10.2. The van der Waals surface area contributed by atoms with E-state index in [0.29, 0.717) is 13.2 Å². The van der Waals surface area contributed by atoms with Gasteiger partial charge in [-0.3, -0.25) is 0 Å². The third-order valence-electron chi connectivity index (χ3n) is 4.40. The zero-order valence-electron chi connectivity index (χ0n) is 15.9. The highest BCUT2D eigenvalue weighted by atomic mass is 16.5. The average molecular weight is 371 g/mol. The highest BCUT2D eigenvalue weighted by Gasteiger charge is 2.09. The lowest BCUT2D eigenvalue weighted by molar-refractivity contribution is 0.218. The fraction of sp³-hybridized carbons (Fsp3) is 0.174. The van der Waals surface area contributed by atoms with Crippen molar-refractivity contribution in [3.05, 3.63) is 78.1 Å². The van der Waals surface area contributed by atoms with Crippen LogP contribution in [-0.4, -0.2) is 29.6 Å². The van der Waals surface area contributed by atoms with Crippen LogP contribution >= 0.6 is 0 Å². The Balaban J connectivity index is 1.83. The molecular weight excluding hydrogens is 350 g/mol. The molecule has 0 fully saturated rings. The molecule has 2 heterocycles. The van der Waals surface area contributed by atoms with Crippen LogP contribution in [0.3, 0.4) is 0 Å². The first-order chi connectivity index (χ1) is 13.7. The van der Waals surface area contributed by atoms with Crippen molar-refractivity contribution in [3.63, 3.8) is 0 Å². The number of aliphatic imine (C=N–C) groups is 2. The van der Waals surface area contributed by atoms with Crippen LogP contribution in [0.5, 0.6) is 11.5 Å². The summed E-state index contributed by atoms with van der Waals surface area (Å²) in [6, 6.07) is 21.3. The van der Waals surface area contributed by atoms with E-state index in [1.165, 1.54) is 0 Å². The molecule has 0 N–H and O–H groups in total. The third-order valence-corrected chi connectivity index (χ3v) is 4.40. The van der Waals surface area contributed by atoms with Crippen molar-refractivity contribution in [2.45, 2.75) is 13.8 Å². The smallest absolute Gasteiger partial charge is 0.145 e. The topological polar surface area (TPSA) is 56.1 Å². The van der Waals surface area contributed by atoms with Crippen molar-refractivity contribution >= 4 is 22.8 Å². The largest absolute Gasteiger partial charge is 0.488 e. The van der Waals surface area contributed by atoms with E-state index in [1.807, 2.05) is 80.6 Å². The molecular formula is C23H21N3O2. The fourth-order valence-corrected chi connectivity index (χ4v) is 2.96. The van der Waals surface area contributed by atoms with Crippen molar-refractivity contribution in [2.24, 2.45) is 9.98 Å². The Kier molecular flexibility index (Phi) is 5.15.